The van der Waals surface area contributed by atoms with Gasteiger partial charge in [-0.3, -0.25) is 10.1 Å². The van der Waals surface area contributed by atoms with Gasteiger partial charge in [-0.25, -0.2) is 13.6 Å². The highest BCUT2D eigenvalue weighted by Gasteiger charge is 2.44. The number of likely N-dealkylation sites (N-methyl/N-ethyl adjacent to an activating group) is 1. The normalized spacial score (nSPS) is 17.2. The van der Waals surface area contributed by atoms with Crippen molar-refractivity contribution in [3.8, 4) is 0 Å². The number of halogens is 2. The van der Waals surface area contributed by atoms with E-state index in [0.717, 1.165) is 17.5 Å². The Labute approximate surface area is 227 Å². The summed E-state index contributed by atoms with van der Waals surface area (Å²) in [5, 5.41) is 2.67. The number of hydrogen-bond acceptors (Lipinski definition) is 4. The molecule has 1 fully saturated rings. The average molecular weight is 534 g/mol. The minimum absolute atomic E-state index is 0.00251. The summed E-state index contributed by atoms with van der Waals surface area (Å²) < 4.78 is 33.5. The van der Waals surface area contributed by atoms with Crippen LogP contribution in [0.2, 0.25) is 0 Å². The monoisotopic (exact) mass is 533 g/mol. The first-order valence-electron chi connectivity index (χ1n) is 13.4. The van der Waals surface area contributed by atoms with Crippen molar-refractivity contribution in [1.82, 2.24) is 9.80 Å². The van der Waals surface area contributed by atoms with Gasteiger partial charge in [0.15, 0.2) is 0 Å². The molecule has 5 rings (SSSR count). The fourth-order valence-electron chi connectivity index (χ4n) is 5.64. The minimum Gasteiger partial charge on any atom is -0.438 e. The van der Waals surface area contributed by atoms with Crippen LogP contribution in [0.25, 0.3) is 0 Å². The Morgan fingerprint density at radius 3 is 2.44 bits per heavy atom. The number of benzene rings is 3. The van der Waals surface area contributed by atoms with Gasteiger partial charge in [-0.1, -0.05) is 42.5 Å². The highest BCUT2D eigenvalue weighted by Crippen LogP contribution is 2.43. The molecule has 6 nitrogen and oxygen atoms in total. The molecule has 2 heterocycles. The zero-order valence-electron chi connectivity index (χ0n) is 22.0. The van der Waals surface area contributed by atoms with Crippen LogP contribution in [0.15, 0.2) is 72.8 Å². The number of ether oxygens (including phenoxy) is 1. The van der Waals surface area contributed by atoms with E-state index in [9.17, 15) is 18.4 Å². The second kappa shape index (κ2) is 11.5. The molecule has 3 aromatic carbocycles. The van der Waals surface area contributed by atoms with Crippen LogP contribution in [-0.2, 0) is 21.6 Å². The Kier molecular flexibility index (Phi) is 7.93. The van der Waals surface area contributed by atoms with E-state index >= 15 is 0 Å². The van der Waals surface area contributed by atoms with Crippen LogP contribution in [0.3, 0.4) is 0 Å². The number of nitrogens with zero attached hydrogens (tertiary/aromatic N) is 2. The van der Waals surface area contributed by atoms with Gasteiger partial charge in [0.05, 0.1) is 11.6 Å². The van der Waals surface area contributed by atoms with Crippen LogP contribution in [0.1, 0.15) is 41.9 Å². The van der Waals surface area contributed by atoms with Gasteiger partial charge in [0.25, 0.3) is 0 Å². The molecule has 2 aliphatic heterocycles. The fourth-order valence-corrected chi connectivity index (χ4v) is 5.64. The summed E-state index contributed by atoms with van der Waals surface area (Å²) in [7, 11) is 1.81. The third-order valence-corrected chi connectivity index (χ3v) is 7.92. The van der Waals surface area contributed by atoms with Gasteiger partial charge in [0, 0.05) is 45.1 Å². The van der Waals surface area contributed by atoms with E-state index in [4.69, 9.17) is 4.74 Å². The molecule has 0 bridgehead atoms. The maximum Gasteiger partial charge on any atom is 0.412 e. The molecule has 204 valence electrons. The van der Waals surface area contributed by atoms with E-state index in [1.54, 1.807) is 23.1 Å². The number of nitrogens with one attached hydrogen (secondary N) is 1. The molecule has 2 aliphatic rings. The molecular weight excluding hydrogens is 500 g/mol. The maximum atomic E-state index is 14.1. The van der Waals surface area contributed by atoms with Crippen LogP contribution in [-0.4, -0.2) is 55.0 Å². The standard InChI is InChI=1S/C31H33F2N3O3/c1-35(17-13-22-5-3-2-4-6-22)29(37)26(23-7-9-24(32)10-8-23)14-18-36-19-15-31(16-20-36)27-21-25(33)11-12-28(27)34-30(38)39-31/h2-12,21,26H,13-20H2,1H3,(H,34,38). The van der Waals surface area contributed by atoms with Crippen molar-refractivity contribution in [2.45, 2.75) is 37.2 Å². The molecule has 0 aromatic heterocycles. The van der Waals surface area contributed by atoms with E-state index < -0.39 is 17.6 Å². The Bertz CT molecular complexity index is 1310. The van der Waals surface area contributed by atoms with Crippen molar-refractivity contribution in [2.24, 2.45) is 0 Å². The summed E-state index contributed by atoms with van der Waals surface area (Å²) in [5.74, 6) is -1.11. The highest BCUT2D eigenvalue weighted by atomic mass is 19.1. The number of piperidine rings is 1. The molecule has 1 saturated heterocycles. The van der Waals surface area contributed by atoms with Crippen molar-refractivity contribution >= 4 is 17.7 Å². The van der Waals surface area contributed by atoms with Crippen LogP contribution in [0, 0.1) is 11.6 Å². The Hall–Kier alpha value is -3.78. The van der Waals surface area contributed by atoms with Gasteiger partial charge in [0.2, 0.25) is 5.91 Å². The number of rotatable bonds is 8. The lowest BCUT2D eigenvalue weighted by atomic mass is 9.82. The molecule has 1 spiro atoms. The topological polar surface area (TPSA) is 61.9 Å². The summed E-state index contributed by atoms with van der Waals surface area (Å²) in [5.41, 5.74) is 2.35. The number of amides is 2. The summed E-state index contributed by atoms with van der Waals surface area (Å²) in [4.78, 5) is 29.8. The Balaban J connectivity index is 1.25. The highest BCUT2D eigenvalue weighted by molar-refractivity contribution is 5.89. The van der Waals surface area contributed by atoms with Gasteiger partial charge < -0.3 is 14.5 Å². The van der Waals surface area contributed by atoms with Crippen LogP contribution < -0.4 is 5.32 Å². The lowest BCUT2D eigenvalue weighted by molar-refractivity contribution is -0.131. The second-order valence-corrected chi connectivity index (χ2v) is 10.4. The Morgan fingerprint density at radius 2 is 1.72 bits per heavy atom. The number of hydrogen-bond donors (Lipinski definition) is 1. The molecule has 1 unspecified atom stereocenters. The van der Waals surface area contributed by atoms with Crippen LogP contribution in [0.5, 0.6) is 0 Å². The SMILES string of the molecule is CN(CCc1ccccc1)C(=O)C(CCN1CCC2(CC1)OC(=O)Nc1ccc(F)cc12)c1ccc(F)cc1. The molecule has 39 heavy (non-hydrogen) atoms. The van der Waals surface area contributed by atoms with E-state index in [1.165, 1.54) is 24.3 Å². The first-order valence-corrected chi connectivity index (χ1v) is 13.4. The molecule has 2 amide bonds. The molecule has 1 atom stereocenters. The van der Waals surface area contributed by atoms with Crippen LogP contribution in [0.4, 0.5) is 19.3 Å². The Morgan fingerprint density at radius 1 is 1.03 bits per heavy atom. The molecule has 8 heteroatoms. The van der Waals surface area contributed by atoms with Gasteiger partial charge in [-0.05, 0) is 60.8 Å². The second-order valence-electron chi connectivity index (χ2n) is 10.4. The molecule has 0 radical (unpaired) electrons. The van der Waals surface area contributed by atoms with E-state index in [0.29, 0.717) is 56.7 Å². The zero-order valence-corrected chi connectivity index (χ0v) is 22.0. The van der Waals surface area contributed by atoms with Crippen molar-refractivity contribution in [3.63, 3.8) is 0 Å². The van der Waals surface area contributed by atoms with Crippen LogP contribution >= 0.6 is 0 Å². The van der Waals surface area contributed by atoms with Gasteiger partial charge >= 0.3 is 6.09 Å². The van der Waals surface area contributed by atoms with Crippen molar-refractivity contribution in [2.75, 3.05) is 38.5 Å². The summed E-state index contributed by atoms with van der Waals surface area (Å²) in [6, 6.07) is 20.6. The third kappa shape index (κ3) is 6.11. The lowest BCUT2D eigenvalue weighted by Gasteiger charge is -2.44. The largest absolute Gasteiger partial charge is 0.438 e. The van der Waals surface area contributed by atoms with Gasteiger partial charge in [-0.2, -0.15) is 0 Å². The fraction of sp³-hybridized carbons (Fsp3) is 0.355. The molecule has 0 saturated carbocycles. The molecular formula is C31H33F2N3O3. The quantitative estimate of drug-likeness (QED) is 0.404. The number of carbonyl (C=O) groups is 2. The maximum absolute atomic E-state index is 14.1. The number of likely N-dealkylation sites (tertiary alicyclic amines) is 1. The first-order chi connectivity index (χ1) is 18.8. The number of fused-ring (bicyclic) bond motifs is 2. The number of anilines is 1. The number of carbonyl (C=O) groups excluding carboxylic acids is 2. The minimum atomic E-state index is -0.861. The van der Waals surface area contributed by atoms with Crippen molar-refractivity contribution in [3.05, 3.63) is 101 Å². The predicted molar refractivity (Wildman–Crippen MR) is 145 cm³/mol. The smallest absolute Gasteiger partial charge is 0.412 e. The molecule has 1 N–H and O–H groups in total. The summed E-state index contributed by atoms with van der Waals surface area (Å²) >= 11 is 0. The average Bonchev–Trinajstić information content (AvgIpc) is 2.94. The first kappa shape index (κ1) is 26.8. The summed E-state index contributed by atoms with van der Waals surface area (Å²) in [6.07, 6.45) is 1.86. The predicted octanol–water partition coefficient (Wildman–Crippen LogP) is 5.69. The summed E-state index contributed by atoms with van der Waals surface area (Å²) in [6.45, 7) is 2.51. The zero-order chi connectivity index (χ0) is 27.4. The van der Waals surface area contributed by atoms with Crippen molar-refractivity contribution < 1.29 is 23.1 Å². The van der Waals surface area contributed by atoms with E-state index in [2.05, 4.69) is 10.2 Å². The molecule has 3 aromatic rings. The molecule has 0 aliphatic carbocycles. The van der Waals surface area contributed by atoms with E-state index in [1.807, 2.05) is 37.4 Å². The van der Waals surface area contributed by atoms with Crippen molar-refractivity contribution in [1.29, 1.82) is 0 Å². The lowest BCUT2D eigenvalue weighted by Crippen LogP contribution is -2.48. The van der Waals surface area contributed by atoms with Gasteiger partial charge in [0.1, 0.15) is 17.2 Å². The third-order valence-electron chi connectivity index (χ3n) is 7.92. The van der Waals surface area contributed by atoms with E-state index in [-0.39, 0.29) is 17.5 Å². The van der Waals surface area contributed by atoms with Gasteiger partial charge in [-0.15, -0.1) is 0 Å².